The van der Waals surface area contributed by atoms with Crippen molar-refractivity contribution in [2.45, 2.75) is 158 Å². The minimum absolute atomic E-state index is 0.171. The lowest BCUT2D eigenvalue weighted by molar-refractivity contribution is -0.161. The van der Waals surface area contributed by atoms with Gasteiger partial charge in [0.2, 0.25) is 5.78 Å². The Morgan fingerprint density at radius 1 is 0.711 bits per heavy atom. The van der Waals surface area contributed by atoms with E-state index in [0.717, 1.165) is 19.3 Å². The quantitative estimate of drug-likeness (QED) is 0.0893. The van der Waals surface area contributed by atoms with Crippen molar-refractivity contribution in [3.63, 3.8) is 0 Å². The Morgan fingerprint density at radius 2 is 1.16 bits per heavy atom. The summed E-state index contributed by atoms with van der Waals surface area (Å²) in [6, 6.07) is 0. The number of carbonyl (C=O) groups excluding carboxylic acids is 2. The van der Waals surface area contributed by atoms with Crippen LogP contribution in [0.2, 0.25) is 0 Å². The highest BCUT2D eigenvalue weighted by molar-refractivity contribution is 6.34. The van der Waals surface area contributed by atoms with E-state index in [1.54, 1.807) is 0 Å². The van der Waals surface area contributed by atoms with Gasteiger partial charge in [-0.1, -0.05) is 169 Å². The highest BCUT2D eigenvalue weighted by atomic mass is 16.5. The van der Waals surface area contributed by atoms with Crippen molar-refractivity contribution in [1.29, 1.82) is 0 Å². The van der Waals surface area contributed by atoms with Gasteiger partial charge in [0.25, 0.3) is 0 Å². The van der Waals surface area contributed by atoms with Crippen LogP contribution in [0.1, 0.15) is 158 Å². The maximum Gasteiger partial charge on any atom is 0.374 e. The fourth-order valence-corrected chi connectivity index (χ4v) is 6.24. The molecule has 38 heavy (non-hydrogen) atoms. The van der Waals surface area contributed by atoms with Crippen molar-refractivity contribution in [2.75, 3.05) is 6.61 Å². The highest BCUT2D eigenvalue weighted by Crippen LogP contribution is 2.56. The topological polar surface area (TPSA) is 43.4 Å². The number of hydrogen-bond acceptors (Lipinski definition) is 3. The Hall–Kier alpha value is -1.38. The molecule has 1 rings (SSSR count). The third-order valence-electron chi connectivity index (χ3n) is 8.57. The molecular weight excluding hydrogens is 468 g/mol. The summed E-state index contributed by atoms with van der Waals surface area (Å²) in [5.74, 6) is -1.46. The van der Waals surface area contributed by atoms with Crippen molar-refractivity contribution >= 4 is 11.8 Å². The van der Waals surface area contributed by atoms with Crippen molar-refractivity contribution in [2.24, 2.45) is 22.2 Å². The molecule has 0 fully saturated rings. The number of Topliss-reactive ketones (excluding diaryl/α,β-unsaturated/α-hetero) is 1. The van der Waals surface area contributed by atoms with Gasteiger partial charge < -0.3 is 4.74 Å². The summed E-state index contributed by atoms with van der Waals surface area (Å²) in [4.78, 5) is 26.4. The molecule has 0 aromatic carbocycles. The van der Waals surface area contributed by atoms with Gasteiger partial charge in [-0.2, -0.15) is 0 Å². The molecule has 1 aliphatic carbocycles. The lowest BCUT2D eigenvalue weighted by Gasteiger charge is -2.52. The predicted octanol–water partition coefficient (Wildman–Crippen LogP) is 10.6. The summed E-state index contributed by atoms with van der Waals surface area (Å²) >= 11 is 0. The summed E-state index contributed by atoms with van der Waals surface area (Å²) < 4.78 is 5.52. The third-order valence-corrected chi connectivity index (χ3v) is 8.57. The number of hydrogen-bond donors (Lipinski definition) is 0. The van der Waals surface area contributed by atoms with E-state index in [4.69, 9.17) is 4.74 Å². The second kappa shape index (κ2) is 18.1. The van der Waals surface area contributed by atoms with Crippen LogP contribution < -0.4 is 0 Å². The molecule has 0 aromatic heterocycles. The molecule has 0 aromatic rings. The maximum atomic E-state index is 13.5. The molecule has 0 aliphatic heterocycles. The largest absolute Gasteiger partial charge is 0.460 e. The van der Waals surface area contributed by atoms with Gasteiger partial charge in [0.1, 0.15) is 0 Å². The summed E-state index contributed by atoms with van der Waals surface area (Å²) in [5, 5.41) is 0. The van der Waals surface area contributed by atoms with E-state index in [2.05, 4.69) is 60.6 Å². The monoisotopic (exact) mass is 530 g/mol. The zero-order valence-electron chi connectivity index (χ0n) is 26.3. The molecule has 3 heteroatoms. The number of ketones is 1. The average Bonchev–Trinajstić information content (AvgIpc) is 2.85. The van der Waals surface area contributed by atoms with Crippen LogP contribution in [-0.4, -0.2) is 18.4 Å². The normalized spacial score (nSPS) is 18.5. The van der Waals surface area contributed by atoms with E-state index in [9.17, 15) is 9.59 Å². The van der Waals surface area contributed by atoms with Gasteiger partial charge in [-0.05, 0) is 23.7 Å². The number of ether oxygens (including phenoxy) is 1. The number of esters is 1. The number of carbonyl (C=O) groups is 2. The van der Waals surface area contributed by atoms with Crippen LogP contribution in [0.5, 0.6) is 0 Å². The molecule has 220 valence electrons. The number of allylic oxidation sites excluding steroid dienone is 4. The van der Waals surface area contributed by atoms with Crippen molar-refractivity contribution in [1.82, 2.24) is 0 Å². The summed E-state index contributed by atoms with van der Waals surface area (Å²) in [5.41, 5.74) is -0.937. The Morgan fingerprint density at radius 3 is 1.53 bits per heavy atom. The first-order valence-corrected chi connectivity index (χ1v) is 16.0. The third kappa shape index (κ3) is 12.2. The van der Waals surface area contributed by atoms with Gasteiger partial charge in [-0.3, -0.25) is 4.79 Å². The fraction of sp³-hybridized carbons (Fsp3) is 0.829. The van der Waals surface area contributed by atoms with Crippen LogP contribution in [0.3, 0.4) is 0 Å². The standard InChI is InChI=1S/C35H62O3/c1-8-9-10-11-12-13-14-15-16-17-18-19-20-21-22-26-29-38-32(37)30(36)31(33(2,3)4)35(34(5,6)7)27-24-23-25-28-35/h23-25,27,31H,8-22,26,28-29H2,1-7H3. The Kier molecular flexibility index (Phi) is 16.5. The molecule has 1 aliphatic rings. The SMILES string of the molecule is CCCCCCCCCCCCCCCCCCOC(=O)C(=O)C(C(C)(C)C)C1(C(C)(C)C)C=CC=CC1. The molecule has 0 saturated heterocycles. The van der Waals surface area contributed by atoms with E-state index in [1.807, 2.05) is 12.2 Å². The zero-order chi connectivity index (χ0) is 28.5. The van der Waals surface area contributed by atoms with Gasteiger partial charge in [0.05, 0.1) is 6.61 Å². The molecule has 0 N–H and O–H groups in total. The molecule has 0 saturated carbocycles. The van der Waals surface area contributed by atoms with Crippen LogP contribution in [-0.2, 0) is 14.3 Å². The first-order valence-electron chi connectivity index (χ1n) is 16.0. The number of rotatable bonds is 20. The van der Waals surface area contributed by atoms with Crippen LogP contribution in [0.15, 0.2) is 24.3 Å². The molecule has 0 radical (unpaired) electrons. The fourth-order valence-electron chi connectivity index (χ4n) is 6.24. The Balaban J connectivity index is 2.25. The van der Waals surface area contributed by atoms with Gasteiger partial charge >= 0.3 is 5.97 Å². The van der Waals surface area contributed by atoms with Crippen molar-refractivity contribution in [3.05, 3.63) is 24.3 Å². The van der Waals surface area contributed by atoms with E-state index >= 15 is 0 Å². The molecule has 0 bridgehead atoms. The van der Waals surface area contributed by atoms with Gasteiger partial charge in [-0.25, -0.2) is 4.79 Å². The minimum Gasteiger partial charge on any atom is -0.460 e. The molecule has 0 spiro atoms. The van der Waals surface area contributed by atoms with Crippen molar-refractivity contribution in [3.8, 4) is 0 Å². The lowest BCUT2D eigenvalue weighted by atomic mass is 9.50. The molecule has 2 unspecified atom stereocenters. The number of unbranched alkanes of at least 4 members (excludes halogenated alkanes) is 15. The van der Waals surface area contributed by atoms with Crippen LogP contribution >= 0.6 is 0 Å². The summed E-state index contributed by atoms with van der Waals surface area (Å²) in [6.07, 6.45) is 30.1. The van der Waals surface area contributed by atoms with E-state index < -0.39 is 17.3 Å². The van der Waals surface area contributed by atoms with E-state index in [-0.39, 0.29) is 16.6 Å². The van der Waals surface area contributed by atoms with Crippen LogP contribution in [0.25, 0.3) is 0 Å². The second-order valence-electron chi connectivity index (χ2n) is 13.9. The molecular formula is C35H62O3. The zero-order valence-corrected chi connectivity index (χ0v) is 26.3. The predicted molar refractivity (Wildman–Crippen MR) is 163 cm³/mol. The molecule has 0 heterocycles. The maximum absolute atomic E-state index is 13.5. The van der Waals surface area contributed by atoms with Crippen molar-refractivity contribution < 1.29 is 14.3 Å². The van der Waals surface area contributed by atoms with E-state index in [1.165, 1.54) is 89.9 Å². The van der Waals surface area contributed by atoms with E-state index in [0.29, 0.717) is 6.61 Å². The Bertz CT molecular complexity index is 718. The smallest absolute Gasteiger partial charge is 0.374 e. The summed E-state index contributed by atoms with van der Waals surface area (Å²) in [6.45, 7) is 15.3. The van der Waals surface area contributed by atoms with Gasteiger partial charge in [0, 0.05) is 11.3 Å². The summed E-state index contributed by atoms with van der Waals surface area (Å²) in [7, 11) is 0. The van der Waals surface area contributed by atoms with Crippen LogP contribution in [0, 0.1) is 22.2 Å². The first kappa shape index (κ1) is 34.6. The molecule has 2 atom stereocenters. The first-order chi connectivity index (χ1) is 18.0. The van der Waals surface area contributed by atoms with Gasteiger partial charge in [-0.15, -0.1) is 0 Å². The molecule has 3 nitrogen and oxygen atoms in total. The van der Waals surface area contributed by atoms with Crippen LogP contribution in [0.4, 0.5) is 0 Å². The second-order valence-corrected chi connectivity index (χ2v) is 13.9. The average molecular weight is 531 g/mol. The molecule has 0 amide bonds. The van der Waals surface area contributed by atoms with Gasteiger partial charge in [0.15, 0.2) is 0 Å². The Labute approximate surface area is 236 Å². The minimum atomic E-state index is -0.655. The highest BCUT2D eigenvalue weighted by Gasteiger charge is 2.54. The lowest BCUT2D eigenvalue weighted by Crippen LogP contribution is -2.52.